The van der Waals surface area contributed by atoms with Gasteiger partial charge in [-0.1, -0.05) is 170 Å². The molecular weight excluding hydrogens is 655 g/mol. The molecule has 0 N–H and O–H groups in total. The second-order valence-corrected chi connectivity index (χ2v) is 12.6. The molecule has 0 aliphatic carbocycles. The Morgan fingerprint density at radius 1 is 0.407 bits per heavy atom. The molecule has 1 aromatic heterocycles. The van der Waals surface area contributed by atoms with Crippen molar-refractivity contribution in [3.05, 3.63) is 212 Å². The maximum atomic E-state index is 10.0. The molecule has 254 valence electrons. The molecule has 0 bridgehead atoms. The van der Waals surface area contributed by atoms with E-state index in [1.54, 1.807) is 78.9 Å². The lowest BCUT2D eigenvalue weighted by Gasteiger charge is -2.27. The number of hydrogen-bond donors (Lipinski definition) is 0. The van der Waals surface area contributed by atoms with Gasteiger partial charge in [-0.3, -0.25) is 0 Å². The van der Waals surface area contributed by atoms with Gasteiger partial charge in [0.25, 0.3) is 0 Å². The van der Waals surface area contributed by atoms with Gasteiger partial charge >= 0.3 is 0 Å². The molecule has 0 aliphatic rings. The van der Waals surface area contributed by atoms with E-state index in [9.17, 15) is 12.3 Å². The molecule has 10 aromatic rings. The van der Waals surface area contributed by atoms with Crippen molar-refractivity contribution in [3.63, 3.8) is 0 Å². The number of fused-ring (bicyclic) bond motifs is 4. The first-order valence-corrected chi connectivity index (χ1v) is 17.3. The lowest BCUT2D eigenvalue weighted by Crippen LogP contribution is -2.10. The summed E-state index contributed by atoms with van der Waals surface area (Å²) in [4.78, 5) is 0.948. The zero-order chi connectivity index (χ0) is 48.0. The van der Waals surface area contributed by atoms with Gasteiger partial charge in [-0.15, -0.1) is 0 Å². The molecule has 0 amide bonds. The van der Waals surface area contributed by atoms with Crippen LogP contribution >= 0.6 is 0 Å². The first kappa shape index (κ1) is 20.2. The number of rotatable bonds is 7. The predicted molar refractivity (Wildman–Crippen MR) is 228 cm³/mol. The summed E-state index contributed by atoms with van der Waals surface area (Å²) >= 11 is 0. The Morgan fingerprint density at radius 2 is 1.06 bits per heavy atom. The van der Waals surface area contributed by atoms with E-state index in [-0.39, 0.29) is 38.6 Å². The molecule has 0 spiro atoms. The molecule has 9 aromatic carbocycles. The summed E-state index contributed by atoms with van der Waals surface area (Å²) in [7, 11) is 0. The Balaban J connectivity index is 1.38. The van der Waals surface area contributed by atoms with Crippen molar-refractivity contribution in [2.24, 2.45) is 0 Å². The first-order chi connectivity index (χ1) is 32.6. The number of anilines is 3. The van der Waals surface area contributed by atoms with Gasteiger partial charge in [-0.25, -0.2) is 0 Å². The van der Waals surface area contributed by atoms with E-state index >= 15 is 0 Å². The Morgan fingerprint density at radius 3 is 1.83 bits per heavy atom. The minimum Gasteiger partial charge on any atom is -0.455 e. The third-order valence-corrected chi connectivity index (χ3v) is 9.40. The van der Waals surface area contributed by atoms with Crippen LogP contribution in [0.3, 0.4) is 0 Å². The Hall–Kier alpha value is -7.16. The van der Waals surface area contributed by atoms with Crippen LogP contribution in [0.4, 0.5) is 17.1 Å². The van der Waals surface area contributed by atoms with Crippen LogP contribution in [0.5, 0.6) is 0 Å². The Kier molecular flexibility index (Phi) is 5.02. The minimum absolute atomic E-state index is 0.0252. The van der Waals surface area contributed by atoms with Crippen LogP contribution in [0, 0.1) is 0 Å². The van der Waals surface area contributed by atoms with Crippen LogP contribution in [-0.4, -0.2) is 0 Å². The highest BCUT2D eigenvalue weighted by Gasteiger charge is 2.23. The molecule has 0 saturated heterocycles. The summed E-state index contributed by atoms with van der Waals surface area (Å²) in [5.74, 6) is 0. The van der Waals surface area contributed by atoms with Crippen LogP contribution < -0.4 is 4.90 Å². The SMILES string of the molecule is [2H]c1c([2H])c(-c2ccccc2)c([2H])c(N(c2c([2H])c([2H])c(-c3ccc(-c4ccccc4)cc3)c([2H])c2[2H])c2c([2H])c([2H])c(-c3cccc4ccccc34)c3oc4c([2H])c([2H])c([2H])c([2H])c4c23)c1[2H]. The predicted octanol–water partition coefficient (Wildman–Crippen LogP) is 14.9. The van der Waals surface area contributed by atoms with E-state index < -0.39 is 102 Å². The van der Waals surface area contributed by atoms with Crippen molar-refractivity contribution in [2.45, 2.75) is 0 Å². The lowest BCUT2D eigenvalue weighted by molar-refractivity contribution is 0.670. The monoisotopic (exact) mass is 703 g/mol. The van der Waals surface area contributed by atoms with E-state index in [1.807, 2.05) is 48.5 Å². The van der Waals surface area contributed by atoms with E-state index in [0.29, 0.717) is 22.1 Å². The average Bonchev–Trinajstić information content (AvgIpc) is 3.75. The van der Waals surface area contributed by atoms with Gasteiger partial charge in [-0.2, -0.15) is 0 Å². The van der Waals surface area contributed by atoms with E-state index in [0.717, 1.165) is 21.4 Å². The van der Waals surface area contributed by atoms with Crippen LogP contribution in [0.25, 0.3) is 77.2 Å². The number of benzene rings is 9. The topological polar surface area (TPSA) is 16.4 Å². The summed E-state index contributed by atoms with van der Waals surface area (Å²) in [5.41, 5.74) is 0.462. The van der Waals surface area contributed by atoms with Gasteiger partial charge in [0.1, 0.15) is 11.2 Å². The van der Waals surface area contributed by atoms with Crippen molar-refractivity contribution >= 4 is 49.8 Å². The molecule has 0 fully saturated rings. The van der Waals surface area contributed by atoms with Crippen LogP contribution in [-0.2, 0) is 0 Å². The number of nitrogens with zero attached hydrogens (tertiary/aromatic N) is 1. The summed E-state index contributed by atoms with van der Waals surface area (Å²) < 4.78 is 138. The fourth-order valence-corrected chi connectivity index (χ4v) is 6.82. The molecule has 54 heavy (non-hydrogen) atoms. The van der Waals surface area contributed by atoms with E-state index in [1.165, 1.54) is 0 Å². The number of hydrogen-bond acceptors (Lipinski definition) is 2. The quantitative estimate of drug-likeness (QED) is 0.164. The average molecular weight is 704 g/mol. The van der Waals surface area contributed by atoms with Crippen LogP contribution in [0.2, 0.25) is 0 Å². The van der Waals surface area contributed by atoms with E-state index in [2.05, 4.69) is 0 Å². The summed E-state index contributed by atoms with van der Waals surface area (Å²) in [6.45, 7) is 0. The standard InChI is InChI=1S/C52H35NO/c1-3-13-36(14-4-1)38-25-27-39(28-26-38)40-29-31-43(32-30-40)53(44-20-11-19-42(35-44)37-15-5-2-6-16-37)49-34-33-47(46-23-12-18-41-17-7-8-21-45(41)46)52-51(49)48-22-9-10-24-50(48)54-52/h1-35H/i9D,10D,11D,19D,20D,22D,24D,29D,30D,31D,32D,33D,34D,35D. The van der Waals surface area contributed by atoms with Gasteiger partial charge in [0.05, 0.1) is 30.3 Å². The van der Waals surface area contributed by atoms with Crippen molar-refractivity contribution in [2.75, 3.05) is 4.90 Å². The summed E-state index contributed by atoms with van der Waals surface area (Å²) in [5, 5.41) is 0.934. The Labute approximate surface area is 334 Å². The zero-order valence-electron chi connectivity index (χ0n) is 42.5. The second kappa shape index (κ2) is 13.4. The van der Waals surface area contributed by atoms with Crippen molar-refractivity contribution in [1.82, 2.24) is 0 Å². The van der Waals surface area contributed by atoms with E-state index in [4.69, 9.17) is 11.3 Å². The molecular formula is C52H35NO. The van der Waals surface area contributed by atoms with Crippen molar-refractivity contribution < 1.29 is 23.6 Å². The van der Waals surface area contributed by atoms with Gasteiger partial charge in [0, 0.05) is 22.3 Å². The first-order valence-electron chi connectivity index (χ1n) is 24.3. The number of para-hydroxylation sites is 1. The highest BCUT2D eigenvalue weighted by Crippen LogP contribution is 2.47. The normalized spacial score (nSPS) is 15.0. The largest absolute Gasteiger partial charge is 0.455 e. The van der Waals surface area contributed by atoms with Crippen molar-refractivity contribution in [1.29, 1.82) is 0 Å². The summed E-state index contributed by atoms with van der Waals surface area (Å²) in [6.07, 6.45) is 0. The minimum atomic E-state index is -0.760. The maximum absolute atomic E-state index is 10.0. The maximum Gasteiger partial charge on any atom is 0.145 e. The molecule has 2 heteroatoms. The highest BCUT2D eigenvalue weighted by molar-refractivity contribution is 6.18. The zero-order valence-corrected chi connectivity index (χ0v) is 28.5. The molecule has 0 aliphatic heterocycles. The fraction of sp³-hybridized carbons (Fsp3) is 0. The van der Waals surface area contributed by atoms with Gasteiger partial charge in [0.15, 0.2) is 0 Å². The Bertz CT molecular complexity index is 3690. The molecule has 1 heterocycles. The van der Waals surface area contributed by atoms with Gasteiger partial charge < -0.3 is 9.32 Å². The van der Waals surface area contributed by atoms with Gasteiger partial charge in [0.2, 0.25) is 0 Å². The van der Waals surface area contributed by atoms with Crippen LogP contribution in [0.15, 0.2) is 216 Å². The molecule has 0 unspecified atom stereocenters. The molecule has 0 saturated carbocycles. The molecule has 0 atom stereocenters. The number of furan rings is 1. The highest BCUT2D eigenvalue weighted by atomic mass is 16.3. The fourth-order valence-electron chi connectivity index (χ4n) is 6.82. The van der Waals surface area contributed by atoms with Crippen LogP contribution in [0.1, 0.15) is 19.2 Å². The second-order valence-electron chi connectivity index (χ2n) is 12.6. The summed E-state index contributed by atoms with van der Waals surface area (Å²) in [6, 6.07) is 28.7. The molecule has 2 nitrogen and oxygen atoms in total. The lowest BCUT2D eigenvalue weighted by atomic mass is 9.95. The molecule has 0 radical (unpaired) electrons. The third-order valence-electron chi connectivity index (χ3n) is 9.40. The smallest absolute Gasteiger partial charge is 0.145 e. The van der Waals surface area contributed by atoms with Crippen molar-refractivity contribution in [3.8, 4) is 44.5 Å². The molecule has 10 rings (SSSR count). The van der Waals surface area contributed by atoms with Gasteiger partial charge in [-0.05, 0) is 92.0 Å². The third kappa shape index (κ3) is 5.62.